The molecule has 0 aromatic heterocycles. The summed E-state index contributed by atoms with van der Waals surface area (Å²) in [6, 6.07) is -1.19. The standard InChI is InChI=1S/C57H109NO10/c1-3-5-7-9-11-13-15-17-19-21-23-25-27-28-30-32-34-36-38-40-42-44-49(60)52(62)48(47-67-57-55(65)54(64)53(63)51(46-59)68-57)58-56(66)50(61)45-43-41-39-37-35-33-31-29-26-24-22-20-18-16-14-12-10-8-6-4-2/h26,29,36,38,48-55,57,59-65H,3-25,27-28,30-35,37,39-47H2,1-2H3,(H,58,66)/b29-26-,38-36+. The van der Waals surface area contributed by atoms with E-state index in [4.69, 9.17) is 9.47 Å². The van der Waals surface area contributed by atoms with Crippen molar-refractivity contribution >= 4 is 5.91 Å². The first-order valence-electron chi connectivity index (χ1n) is 28.7. The van der Waals surface area contributed by atoms with Crippen LogP contribution >= 0.6 is 0 Å². The molecule has 1 aliphatic rings. The van der Waals surface area contributed by atoms with Gasteiger partial charge in [0, 0.05) is 0 Å². The van der Waals surface area contributed by atoms with E-state index in [0.717, 1.165) is 57.8 Å². The molecule has 0 aliphatic carbocycles. The highest BCUT2D eigenvalue weighted by Crippen LogP contribution is 2.23. The summed E-state index contributed by atoms with van der Waals surface area (Å²) in [5, 5.41) is 76.1. The number of aliphatic hydroxyl groups excluding tert-OH is 7. The second kappa shape index (κ2) is 46.6. The van der Waals surface area contributed by atoms with Gasteiger partial charge in [0.25, 0.3) is 0 Å². The van der Waals surface area contributed by atoms with E-state index in [2.05, 4.69) is 43.5 Å². The van der Waals surface area contributed by atoms with E-state index in [9.17, 15) is 40.5 Å². The van der Waals surface area contributed by atoms with Gasteiger partial charge in [-0.3, -0.25) is 4.79 Å². The van der Waals surface area contributed by atoms with Crippen LogP contribution in [0.3, 0.4) is 0 Å². The van der Waals surface area contributed by atoms with Crippen molar-refractivity contribution in [3.63, 3.8) is 0 Å². The highest BCUT2D eigenvalue weighted by molar-refractivity contribution is 5.80. The van der Waals surface area contributed by atoms with Gasteiger partial charge >= 0.3 is 0 Å². The summed E-state index contributed by atoms with van der Waals surface area (Å²) < 4.78 is 11.1. The summed E-state index contributed by atoms with van der Waals surface area (Å²) in [5.41, 5.74) is 0. The van der Waals surface area contributed by atoms with Crippen LogP contribution in [-0.2, 0) is 14.3 Å². The smallest absolute Gasteiger partial charge is 0.249 e. The fourth-order valence-electron chi connectivity index (χ4n) is 9.26. The number of hydrogen-bond donors (Lipinski definition) is 8. The molecule has 0 aromatic carbocycles. The van der Waals surface area contributed by atoms with Crippen molar-refractivity contribution in [1.82, 2.24) is 5.32 Å². The van der Waals surface area contributed by atoms with Crippen LogP contribution in [0, 0.1) is 0 Å². The molecule has 0 aromatic rings. The van der Waals surface area contributed by atoms with E-state index in [1.165, 1.54) is 167 Å². The van der Waals surface area contributed by atoms with Crippen LogP contribution in [0.4, 0.5) is 0 Å². The first-order chi connectivity index (χ1) is 33.2. The zero-order valence-electron chi connectivity index (χ0n) is 43.9. The van der Waals surface area contributed by atoms with Crippen molar-refractivity contribution in [2.75, 3.05) is 13.2 Å². The Balaban J connectivity index is 2.35. The minimum absolute atomic E-state index is 0.248. The van der Waals surface area contributed by atoms with Crippen molar-refractivity contribution in [3.05, 3.63) is 24.3 Å². The number of unbranched alkanes of at least 4 members (excludes halogenated alkanes) is 33. The molecule has 0 radical (unpaired) electrons. The van der Waals surface area contributed by atoms with Crippen LogP contribution in [0.5, 0.6) is 0 Å². The van der Waals surface area contributed by atoms with Crippen molar-refractivity contribution in [3.8, 4) is 0 Å². The third-order valence-electron chi connectivity index (χ3n) is 14.0. The van der Waals surface area contributed by atoms with Crippen LogP contribution in [0.15, 0.2) is 24.3 Å². The van der Waals surface area contributed by atoms with Gasteiger partial charge in [-0.2, -0.15) is 0 Å². The van der Waals surface area contributed by atoms with Gasteiger partial charge in [0.15, 0.2) is 6.29 Å². The molecule has 68 heavy (non-hydrogen) atoms. The van der Waals surface area contributed by atoms with Gasteiger partial charge in [-0.25, -0.2) is 0 Å². The molecule has 1 heterocycles. The van der Waals surface area contributed by atoms with Gasteiger partial charge < -0.3 is 50.5 Å². The number of hydrogen-bond acceptors (Lipinski definition) is 10. The lowest BCUT2D eigenvalue weighted by Crippen LogP contribution is -2.60. The summed E-state index contributed by atoms with van der Waals surface area (Å²) in [6.45, 7) is 3.46. The molecule has 1 aliphatic heterocycles. The van der Waals surface area contributed by atoms with E-state index in [-0.39, 0.29) is 12.8 Å². The molecule has 1 saturated heterocycles. The van der Waals surface area contributed by atoms with Crippen molar-refractivity contribution in [1.29, 1.82) is 0 Å². The Labute approximate surface area is 416 Å². The highest BCUT2D eigenvalue weighted by Gasteiger charge is 2.44. The maximum absolute atomic E-state index is 13.2. The van der Waals surface area contributed by atoms with Gasteiger partial charge in [0.1, 0.15) is 36.6 Å². The molecule has 9 atom stereocenters. The van der Waals surface area contributed by atoms with Crippen LogP contribution in [0.1, 0.15) is 264 Å². The maximum atomic E-state index is 13.2. The van der Waals surface area contributed by atoms with Crippen LogP contribution in [-0.4, -0.2) is 110 Å². The fraction of sp³-hybridized carbons (Fsp3) is 0.912. The molecule has 11 nitrogen and oxygen atoms in total. The molecule has 1 fully saturated rings. The summed E-state index contributed by atoms with van der Waals surface area (Å²) in [4.78, 5) is 13.2. The Morgan fingerprint density at radius 2 is 0.868 bits per heavy atom. The van der Waals surface area contributed by atoms with Gasteiger partial charge in [0.05, 0.1) is 25.4 Å². The Bertz CT molecular complexity index is 1160. The predicted molar refractivity (Wildman–Crippen MR) is 279 cm³/mol. The zero-order chi connectivity index (χ0) is 49.7. The monoisotopic (exact) mass is 968 g/mol. The Kier molecular flexibility index (Phi) is 44.3. The number of nitrogens with one attached hydrogen (secondary N) is 1. The first-order valence-corrected chi connectivity index (χ1v) is 28.7. The minimum Gasteiger partial charge on any atom is -0.394 e. The van der Waals surface area contributed by atoms with Gasteiger partial charge in [0.2, 0.25) is 5.91 Å². The summed E-state index contributed by atoms with van der Waals surface area (Å²) in [7, 11) is 0. The molecule has 0 bridgehead atoms. The van der Waals surface area contributed by atoms with E-state index in [0.29, 0.717) is 12.8 Å². The molecule has 8 N–H and O–H groups in total. The van der Waals surface area contributed by atoms with Gasteiger partial charge in [-0.05, 0) is 64.2 Å². The SMILES string of the molecule is CCCCCCCCCCCC/C=C\CCCCCCCCC(O)C(=O)NC(COC1OC(CO)C(O)C(O)C1O)C(O)C(O)CCC/C=C/CCCCCCCCCCCCCCCCCC. The molecule has 0 spiro atoms. The Hall–Kier alpha value is -1.41. The zero-order valence-corrected chi connectivity index (χ0v) is 43.9. The largest absolute Gasteiger partial charge is 0.394 e. The van der Waals surface area contributed by atoms with Crippen molar-refractivity contribution < 1.29 is 50.0 Å². The van der Waals surface area contributed by atoms with E-state index < -0.39 is 74.2 Å². The molecule has 1 amide bonds. The van der Waals surface area contributed by atoms with E-state index in [1.54, 1.807) is 0 Å². The normalized spacial score (nSPS) is 20.6. The second-order valence-electron chi connectivity index (χ2n) is 20.4. The van der Waals surface area contributed by atoms with Crippen LogP contribution in [0.25, 0.3) is 0 Å². The lowest BCUT2D eigenvalue weighted by atomic mass is 9.98. The van der Waals surface area contributed by atoms with Gasteiger partial charge in [-0.1, -0.05) is 224 Å². The third-order valence-corrected chi connectivity index (χ3v) is 14.0. The van der Waals surface area contributed by atoms with Crippen molar-refractivity contribution in [2.24, 2.45) is 0 Å². The molecule has 1 rings (SSSR count). The lowest BCUT2D eigenvalue weighted by molar-refractivity contribution is -0.303. The lowest BCUT2D eigenvalue weighted by Gasteiger charge is -2.40. The number of rotatable bonds is 49. The average molecular weight is 968 g/mol. The van der Waals surface area contributed by atoms with Crippen molar-refractivity contribution in [2.45, 2.75) is 319 Å². The number of allylic oxidation sites excluding steroid dienone is 4. The summed E-state index contributed by atoms with van der Waals surface area (Å²) in [5.74, 6) is -0.708. The molecule has 11 heteroatoms. The number of ether oxygens (including phenoxy) is 2. The first kappa shape index (κ1) is 64.6. The molecule has 0 saturated carbocycles. The molecule has 402 valence electrons. The molecular weight excluding hydrogens is 859 g/mol. The van der Waals surface area contributed by atoms with E-state index in [1.807, 2.05) is 0 Å². The Morgan fingerprint density at radius 3 is 1.26 bits per heavy atom. The Morgan fingerprint density at radius 1 is 0.500 bits per heavy atom. The van der Waals surface area contributed by atoms with Gasteiger partial charge in [-0.15, -0.1) is 0 Å². The summed E-state index contributed by atoms with van der Waals surface area (Å²) in [6.07, 6.45) is 43.7. The van der Waals surface area contributed by atoms with E-state index >= 15 is 0 Å². The molecule has 9 unspecified atom stereocenters. The highest BCUT2D eigenvalue weighted by atomic mass is 16.7. The van der Waals surface area contributed by atoms with Crippen LogP contribution < -0.4 is 5.32 Å². The predicted octanol–water partition coefficient (Wildman–Crippen LogP) is 11.7. The number of aliphatic hydroxyl groups is 7. The maximum Gasteiger partial charge on any atom is 0.249 e. The quantitative estimate of drug-likeness (QED) is 0.0215. The second-order valence-corrected chi connectivity index (χ2v) is 20.4. The number of amides is 1. The summed E-state index contributed by atoms with van der Waals surface area (Å²) >= 11 is 0. The third kappa shape index (κ3) is 34.8. The fourth-order valence-corrected chi connectivity index (χ4v) is 9.26. The molecular formula is C57H109NO10. The topological polar surface area (TPSA) is 189 Å². The number of carbonyl (C=O) groups is 1. The average Bonchev–Trinajstić information content (AvgIpc) is 3.34. The number of carbonyl (C=O) groups excluding carboxylic acids is 1. The minimum atomic E-state index is -1.67. The van der Waals surface area contributed by atoms with Crippen LogP contribution in [0.2, 0.25) is 0 Å².